The summed E-state index contributed by atoms with van der Waals surface area (Å²) in [6.07, 6.45) is 3.77. The molecule has 2 rings (SSSR count). The van der Waals surface area contributed by atoms with Crippen molar-refractivity contribution in [3.63, 3.8) is 0 Å². The quantitative estimate of drug-likeness (QED) is 0.784. The molecule has 1 aromatic carbocycles. The summed E-state index contributed by atoms with van der Waals surface area (Å²) in [5.74, 6) is -2.81. The van der Waals surface area contributed by atoms with Gasteiger partial charge < -0.3 is 0 Å². The lowest BCUT2D eigenvalue weighted by Gasteiger charge is -2.15. The first-order chi connectivity index (χ1) is 9.81. The first-order valence-electron chi connectivity index (χ1n) is 7.02. The van der Waals surface area contributed by atoms with Crippen molar-refractivity contribution in [3.8, 4) is 0 Å². The highest BCUT2D eigenvalue weighted by Crippen LogP contribution is 2.27. The SMILES string of the molecule is CC(C(=O)c1ccc(F)c(F)c1)S(=O)(=O)CC1CCCC1. The van der Waals surface area contributed by atoms with Gasteiger partial charge in [0, 0.05) is 5.56 Å². The molecule has 0 heterocycles. The van der Waals surface area contributed by atoms with Crippen LogP contribution in [0.3, 0.4) is 0 Å². The number of rotatable bonds is 5. The van der Waals surface area contributed by atoms with Crippen LogP contribution in [-0.4, -0.2) is 25.2 Å². The topological polar surface area (TPSA) is 51.2 Å². The van der Waals surface area contributed by atoms with Crippen LogP contribution >= 0.6 is 0 Å². The summed E-state index contributed by atoms with van der Waals surface area (Å²) in [5, 5.41) is -1.23. The van der Waals surface area contributed by atoms with Gasteiger partial charge >= 0.3 is 0 Å². The summed E-state index contributed by atoms with van der Waals surface area (Å²) >= 11 is 0. The highest BCUT2D eigenvalue weighted by atomic mass is 32.2. The Bertz CT molecular complexity index is 634. The zero-order valence-electron chi connectivity index (χ0n) is 11.8. The van der Waals surface area contributed by atoms with E-state index in [9.17, 15) is 22.0 Å². The van der Waals surface area contributed by atoms with Crippen LogP contribution in [-0.2, 0) is 9.84 Å². The van der Waals surface area contributed by atoms with Gasteiger partial charge in [-0.05, 0) is 43.9 Å². The molecule has 1 unspecified atom stereocenters. The van der Waals surface area contributed by atoms with E-state index in [0.29, 0.717) is 0 Å². The van der Waals surface area contributed by atoms with Crippen molar-refractivity contribution in [1.82, 2.24) is 0 Å². The average Bonchev–Trinajstić information content (AvgIpc) is 2.92. The highest BCUT2D eigenvalue weighted by molar-refractivity contribution is 7.92. The number of benzene rings is 1. The van der Waals surface area contributed by atoms with Crippen LogP contribution in [0.15, 0.2) is 18.2 Å². The lowest BCUT2D eigenvalue weighted by molar-refractivity contribution is 0.0991. The van der Waals surface area contributed by atoms with Gasteiger partial charge in [0.05, 0.1) is 5.75 Å². The molecule has 1 saturated carbocycles. The summed E-state index contributed by atoms with van der Waals surface area (Å²) in [6, 6.07) is 2.69. The van der Waals surface area contributed by atoms with E-state index in [4.69, 9.17) is 0 Å². The summed E-state index contributed by atoms with van der Waals surface area (Å²) in [5.41, 5.74) is -0.114. The zero-order valence-corrected chi connectivity index (χ0v) is 12.6. The first-order valence-corrected chi connectivity index (χ1v) is 8.73. The van der Waals surface area contributed by atoms with Gasteiger partial charge in [0.1, 0.15) is 5.25 Å². The number of carbonyl (C=O) groups is 1. The first kappa shape index (κ1) is 16.1. The van der Waals surface area contributed by atoms with Gasteiger partial charge in [0.15, 0.2) is 27.3 Å². The van der Waals surface area contributed by atoms with Gasteiger partial charge in [-0.25, -0.2) is 17.2 Å². The van der Waals surface area contributed by atoms with Crippen molar-refractivity contribution >= 4 is 15.6 Å². The Labute approximate surface area is 123 Å². The Hall–Kier alpha value is -1.30. The van der Waals surface area contributed by atoms with Crippen molar-refractivity contribution in [2.24, 2.45) is 5.92 Å². The normalized spacial score (nSPS) is 17.9. The third kappa shape index (κ3) is 3.67. The lowest BCUT2D eigenvalue weighted by Crippen LogP contribution is -2.31. The van der Waals surface area contributed by atoms with Crippen molar-refractivity contribution in [1.29, 1.82) is 0 Å². The molecule has 0 aliphatic heterocycles. The molecule has 0 saturated heterocycles. The van der Waals surface area contributed by atoms with Crippen LogP contribution in [0.25, 0.3) is 0 Å². The minimum Gasteiger partial charge on any atom is -0.293 e. The molecule has 1 aliphatic carbocycles. The van der Waals surface area contributed by atoms with E-state index in [0.717, 1.165) is 43.9 Å². The minimum atomic E-state index is -3.58. The molecular formula is C15H18F2O3S. The van der Waals surface area contributed by atoms with Gasteiger partial charge in [-0.2, -0.15) is 0 Å². The molecular weight excluding hydrogens is 298 g/mol. The molecule has 3 nitrogen and oxygen atoms in total. The molecule has 1 aromatic rings. The molecule has 0 spiro atoms. The van der Waals surface area contributed by atoms with Crippen molar-refractivity contribution in [2.75, 3.05) is 5.75 Å². The van der Waals surface area contributed by atoms with Crippen LogP contribution in [0.1, 0.15) is 43.0 Å². The Kier molecular flexibility index (Phi) is 4.76. The van der Waals surface area contributed by atoms with E-state index in [1.165, 1.54) is 6.92 Å². The standard InChI is InChI=1S/C15H18F2O3S/c1-10(21(19,20)9-11-4-2-3-5-11)15(18)12-6-7-13(16)14(17)8-12/h6-8,10-11H,2-5,9H2,1H3. The number of halogens is 2. The Morgan fingerprint density at radius 2 is 1.86 bits per heavy atom. The second kappa shape index (κ2) is 6.22. The maximum atomic E-state index is 13.2. The van der Waals surface area contributed by atoms with Crippen molar-refractivity contribution < 1.29 is 22.0 Å². The van der Waals surface area contributed by atoms with Gasteiger partial charge in [0.2, 0.25) is 0 Å². The third-order valence-electron chi connectivity index (χ3n) is 4.05. The molecule has 1 fully saturated rings. The molecule has 21 heavy (non-hydrogen) atoms. The largest absolute Gasteiger partial charge is 0.293 e. The Morgan fingerprint density at radius 1 is 1.24 bits per heavy atom. The molecule has 0 radical (unpaired) electrons. The number of sulfone groups is 1. The lowest BCUT2D eigenvalue weighted by atomic mass is 10.1. The maximum Gasteiger partial charge on any atom is 0.180 e. The summed E-state index contributed by atoms with van der Waals surface area (Å²) in [4.78, 5) is 12.2. The number of ketones is 1. The molecule has 6 heteroatoms. The predicted molar refractivity (Wildman–Crippen MR) is 75.9 cm³/mol. The van der Waals surface area contributed by atoms with E-state index in [-0.39, 0.29) is 17.2 Å². The van der Waals surface area contributed by atoms with Crippen LogP contribution in [0, 0.1) is 17.6 Å². The van der Waals surface area contributed by atoms with E-state index >= 15 is 0 Å². The van der Waals surface area contributed by atoms with Crippen LogP contribution in [0.4, 0.5) is 8.78 Å². The van der Waals surface area contributed by atoms with Gasteiger partial charge in [-0.15, -0.1) is 0 Å². The second-order valence-corrected chi connectivity index (χ2v) is 7.98. The minimum absolute atomic E-state index is 0.0103. The number of carbonyl (C=O) groups excluding carboxylic acids is 1. The fraction of sp³-hybridized carbons (Fsp3) is 0.533. The van der Waals surface area contributed by atoms with Crippen LogP contribution < -0.4 is 0 Å². The molecule has 0 N–H and O–H groups in total. The summed E-state index contributed by atoms with van der Waals surface area (Å²) in [6.45, 7) is 1.31. The van der Waals surface area contributed by atoms with Gasteiger partial charge in [-0.3, -0.25) is 4.79 Å². The average molecular weight is 316 g/mol. The van der Waals surface area contributed by atoms with Crippen molar-refractivity contribution in [3.05, 3.63) is 35.4 Å². The fourth-order valence-corrected chi connectivity index (χ4v) is 4.44. The number of Topliss-reactive ketones (excluding diaryl/α,β-unsaturated/α-hetero) is 1. The molecule has 1 atom stereocenters. The predicted octanol–water partition coefficient (Wildman–Crippen LogP) is 3.14. The fourth-order valence-electron chi connectivity index (χ4n) is 2.70. The molecule has 0 amide bonds. The van der Waals surface area contributed by atoms with Gasteiger partial charge in [-0.1, -0.05) is 12.8 Å². The monoisotopic (exact) mass is 316 g/mol. The van der Waals surface area contributed by atoms with Crippen molar-refractivity contribution in [2.45, 2.75) is 37.9 Å². The number of hydrogen-bond acceptors (Lipinski definition) is 3. The van der Waals surface area contributed by atoms with E-state index in [1.54, 1.807) is 0 Å². The molecule has 116 valence electrons. The molecule has 1 aliphatic rings. The van der Waals surface area contributed by atoms with E-state index in [2.05, 4.69) is 0 Å². The smallest absolute Gasteiger partial charge is 0.180 e. The second-order valence-electron chi connectivity index (χ2n) is 5.62. The summed E-state index contributed by atoms with van der Waals surface area (Å²) < 4.78 is 50.5. The van der Waals surface area contributed by atoms with E-state index in [1.807, 2.05) is 0 Å². The van der Waals surface area contributed by atoms with E-state index < -0.39 is 32.5 Å². The Morgan fingerprint density at radius 3 is 2.43 bits per heavy atom. The Balaban J connectivity index is 2.15. The zero-order chi connectivity index (χ0) is 15.6. The van der Waals surface area contributed by atoms with Gasteiger partial charge in [0.25, 0.3) is 0 Å². The molecule has 0 aromatic heterocycles. The molecule has 0 bridgehead atoms. The maximum absolute atomic E-state index is 13.2. The number of hydrogen-bond donors (Lipinski definition) is 0. The summed E-state index contributed by atoms with van der Waals surface area (Å²) in [7, 11) is -3.58. The highest BCUT2D eigenvalue weighted by Gasteiger charge is 2.32. The van der Waals surface area contributed by atoms with Crippen LogP contribution in [0.2, 0.25) is 0 Å². The van der Waals surface area contributed by atoms with Crippen LogP contribution in [0.5, 0.6) is 0 Å². The third-order valence-corrected chi connectivity index (χ3v) is 6.28.